The first-order valence-corrected chi connectivity index (χ1v) is 5.39. The topological polar surface area (TPSA) is 35.2 Å². The Morgan fingerprint density at radius 2 is 1.77 bits per heavy atom. The minimum absolute atomic E-state index is 0.106. The molecule has 0 saturated heterocycles. The molecule has 0 aliphatic rings. The van der Waals surface area contributed by atoms with E-state index in [2.05, 4.69) is 20.8 Å². The van der Waals surface area contributed by atoms with Crippen molar-refractivity contribution in [3.8, 4) is 0 Å². The molecule has 0 aliphatic heterocycles. The maximum absolute atomic E-state index is 6.23. The van der Waals surface area contributed by atoms with E-state index in [-0.39, 0.29) is 5.54 Å². The molecule has 0 amide bonds. The second kappa shape index (κ2) is 6.39. The fourth-order valence-corrected chi connectivity index (χ4v) is 1.75. The molecule has 0 radical (unpaired) electrons. The summed E-state index contributed by atoms with van der Waals surface area (Å²) >= 11 is 0. The average molecular weight is 187 g/mol. The van der Waals surface area contributed by atoms with E-state index in [9.17, 15) is 0 Å². The maximum Gasteiger partial charge on any atom is 0.0642 e. The summed E-state index contributed by atoms with van der Waals surface area (Å²) in [6.45, 7) is 7.29. The van der Waals surface area contributed by atoms with Crippen LogP contribution in [-0.2, 0) is 4.74 Å². The van der Waals surface area contributed by atoms with Crippen molar-refractivity contribution in [1.29, 1.82) is 0 Å². The minimum Gasteiger partial charge on any atom is -0.383 e. The van der Waals surface area contributed by atoms with Gasteiger partial charge in [-0.3, -0.25) is 0 Å². The van der Waals surface area contributed by atoms with Crippen LogP contribution in [0.5, 0.6) is 0 Å². The lowest BCUT2D eigenvalue weighted by Gasteiger charge is -2.31. The van der Waals surface area contributed by atoms with E-state index in [1.54, 1.807) is 7.11 Å². The standard InChI is InChI=1S/C11H25NO/c1-5-10(6-2)8-11(12,7-3)9-13-4/h10H,5-9,12H2,1-4H3. The van der Waals surface area contributed by atoms with Gasteiger partial charge in [-0.05, 0) is 18.8 Å². The first-order valence-electron chi connectivity index (χ1n) is 5.39. The number of rotatable bonds is 7. The first kappa shape index (κ1) is 12.9. The molecular weight excluding hydrogens is 162 g/mol. The van der Waals surface area contributed by atoms with Gasteiger partial charge in [-0.25, -0.2) is 0 Å². The molecule has 0 aliphatic carbocycles. The molecule has 80 valence electrons. The summed E-state index contributed by atoms with van der Waals surface area (Å²) in [6.07, 6.45) is 4.53. The highest BCUT2D eigenvalue weighted by atomic mass is 16.5. The van der Waals surface area contributed by atoms with Crippen molar-refractivity contribution in [2.24, 2.45) is 11.7 Å². The van der Waals surface area contributed by atoms with Crippen LogP contribution in [-0.4, -0.2) is 19.3 Å². The Kier molecular flexibility index (Phi) is 6.35. The predicted molar refractivity (Wildman–Crippen MR) is 57.8 cm³/mol. The zero-order valence-electron chi connectivity index (χ0n) is 9.60. The van der Waals surface area contributed by atoms with Crippen LogP contribution in [0.4, 0.5) is 0 Å². The van der Waals surface area contributed by atoms with Gasteiger partial charge in [0.05, 0.1) is 6.61 Å². The molecule has 1 unspecified atom stereocenters. The summed E-state index contributed by atoms with van der Waals surface area (Å²) in [5.74, 6) is 0.750. The number of methoxy groups -OCH3 is 1. The van der Waals surface area contributed by atoms with Crippen LogP contribution in [0.15, 0.2) is 0 Å². The van der Waals surface area contributed by atoms with E-state index in [0.29, 0.717) is 6.61 Å². The largest absolute Gasteiger partial charge is 0.383 e. The molecule has 1 atom stereocenters. The summed E-state index contributed by atoms with van der Waals surface area (Å²) in [4.78, 5) is 0. The van der Waals surface area contributed by atoms with E-state index in [0.717, 1.165) is 18.8 Å². The van der Waals surface area contributed by atoms with Gasteiger partial charge in [-0.2, -0.15) is 0 Å². The lowest BCUT2D eigenvalue weighted by atomic mass is 9.84. The third-order valence-corrected chi connectivity index (χ3v) is 2.99. The van der Waals surface area contributed by atoms with E-state index >= 15 is 0 Å². The molecule has 0 aromatic heterocycles. The Balaban J connectivity index is 4.07. The van der Waals surface area contributed by atoms with Gasteiger partial charge in [-0.15, -0.1) is 0 Å². The van der Waals surface area contributed by atoms with Crippen LogP contribution in [0.2, 0.25) is 0 Å². The molecule has 2 heteroatoms. The number of nitrogens with two attached hydrogens (primary N) is 1. The third-order valence-electron chi connectivity index (χ3n) is 2.99. The molecule has 2 nitrogen and oxygen atoms in total. The lowest BCUT2D eigenvalue weighted by molar-refractivity contribution is 0.111. The Hall–Kier alpha value is -0.0800. The van der Waals surface area contributed by atoms with Gasteiger partial charge in [0.25, 0.3) is 0 Å². The summed E-state index contributed by atoms with van der Waals surface area (Å²) in [6, 6.07) is 0. The van der Waals surface area contributed by atoms with Crippen molar-refractivity contribution < 1.29 is 4.74 Å². The molecule has 0 saturated carbocycles. The van der Waals surface area contributed by atoms with E-state index in [4.69, 9.17) is 10.5 Å². The van der Waals surface area contributed by atoms with Crippen LogP contribution in [0.1, 0.15) is 46.5 Å². The Morgan fingerprint density at radius 3 is 2.08 bits per heavy atom. The van der Waals surface area contributed by atoms with Crippen LogP contribution >= 0.6 is 0 Å². The van der Waals surface area contributed by atoms with Gasteiger partial charge in [0.2, 0.25) is 0 Å². The van der Waals surface area contributed by atoms with Crippen molar-refractivity contribution in [3.63, 3.8) is 0 Å². The van der Waals surface area contributed by atoms with E-state index < -0.39 is 0 Å². The Bertz CT molecular complexity index is 123. The van der Waals surface area contributed by atoms with Crippen molar-refractivity contribution in [1.82, 2.24) is 0 Å². The highest BCUT2D eigenvalue weighted by Gasteiger charge is 2.25. The van der Waals surface area contributed by atoms with Gasteiger partial charge in [-0.1, -0.05) is 33.6 Å². The molecule has 0 aromatic carbocycles. The van der Waals surface area contributed by atoms with Gasteiger partial charge >= 0.3 is 0 Å². The van der Waals surface area contributed by atoms with Crippen molar-refractivity contribution in [2.45, 2.75) is 52.0 Å². The maximum atomic E-state index is 6.23. The summed E-state index contributed by atoms with van der Waals surface area (Å²) < 4.78 is 5.16. The average Bonchev–Trinajstić information content (AvgIpc) is 2.15. The predicted octanol–water partition coefficient (Wildman–Crippen LogP) is 2.57. The number of hydrogen-bond acceptors (Lipinski definition) is 2. The number of hydrogen-bond donors (Lipinski definition) is 1. The molecule has 0 bridgehead atoms. The van der Waals surface area contributed by atoms with Crippen molar-refractivity contribution in [3.05, 3.63) is 0 Å². The van der Waals surface area contributed by atoms with Gasteiger partial charge in [0, 0.05) is 12.6 Å². The Labute approximate surface area is 82.8 Å². The molecule has 0 spiro atoms. The van der Waals surface area contributed by atoms with Gasteiger partial charge in [0.1, 0.15) is 0 Å². The van der Waals surface area contributed by atoms with Crippen LogP contribution < -0.4 is 5.73 Å². The summed E-state index contributed by atoms with van der Waals surface area (Å²) in [5, 5.41) is 0. The van der Waals surface area contributed by atoms with Crippen molar-refractivity contribution >= 4 is 0 Å². The lowest BCUT2D eigenvalue weighted by Crippen LogP contribution is -2.45. The van der Waals surface area contributed by atoms with Crippen LogP contribution in [0, 0.1) is 5.92 Å². The quantitative estimate of drug-likeness (QED) is 0.665. The molecule has 2 N–H and O–H groups in total. The van der Waals surface area contributed by atoms with Crippen molar-refractivity contribution in [2.75, 3.05) is 13.7 Å². The highest BCUT2D eigenvalue weighted by Crippen LogP contribution is 2.23. The molecular formula is C11H25NO. The molecule has 0 heterocycles. The second-order valence-corrected chi connectivity index (χ2v) is 4.04. The normalized spacial score (nSPS) is 16.2. The fourth-order valence-electron chi connectivity index (χ4n) is 1.75. The minimum atomic E-state index is -0.106. The monoisotopic (exact) mass is 187 g/mol. The molecule has 0 aromatic rings. The molecule has 13 heavy (non-hydrogen) atoms. The third kappa shape index (κ3) is 4.63. The SMILES string of the molecule is CCC(CC)CC(N)(CC)COC. The van der Waals surface area contributed by atoms with Crippen LogP contribution in [0.3, 0.4) is 0 Å². The zero-order chi connectivity index (χ0) is 10.3. The van der Waals surface area contributed by atoms with Gasteiger partial charge in [0.15, 0.2) is 0 Å². The fraction of sp³-hybridized carbons (Fsp3) is 1.00. The van der Waals surface area contributed by atoms with Crippen LogP contribution in [0.25, 0.3) is 0 Å². The second-order valence-electron chi connectivity index (χ2n) is 4.04. The van der Waals surface area contributed by atoms with Gasteiger partial charge < -0.3 is 10.5 Å². The highest BCUT2D eigenvalue weighted by molar-refractivity contribution is 4.84. The molecule has 0 rings (SSSR count). The Morgan fingerprint density at radius 1 is 1.23 bits per heavy atom. The van der Waals surface area contributed by atoms with E-state index in [1.165, 1.54) is 12.8 Å². The summed E-state index contributed by atoms with van der Waals surface area (Å²) in [7, 11) is 1.73. The zero-order valence-corrected chi connectivity index (χ0v) is 9.60. The smallest absolute Gasteiger partial charge is 0.0642 e. The molecule has 0 fully saturated rings. The first-order chi connectivity index (χ1) is 6.11. The summed E-state index contributed by atoms with van der Waals surface area (Å²) in [5.41, 5.74) is 6.13. The number of ether oxygens (including phenoxy) is 1. The van der Waals surface area contributed by atoms with E-state index in [1.807, 2.05) is 0 Å².